The highest BCUT2D eigenvalue weighted by Crippen LogP contribution is 2.21. The molecule has 1 aromatic heterocycles. The van der Waals surface area contributed by atoms with E-state index in [1.54, 1.807) is 0 Å². The van der Waals surface area contributed by atoms with Crippen molar-refractivity contribution in [2.45, 2.75) is 0 Å². The number of aromatic nitrogens is 1. The third-order valence-corrected chi connectivity index (χ3v) is 2.93. The maximum absolute atomic E-state index is 13.1. The lowest BCUT2D eigenvalue weighted by Crippen LogP contribution is -2.13. The molecule has 1 heterocycles. The van der Waals surface area contributed by atoms with Gasteiger partial charge in [0, 0.05) is 12.3 Å². The van der Waals surface area contributed by atoms with E-state index < -0.39 is 35.2 Å². The van der Waals surface area contributed by atoms with Gasteiger partial charge < -0.3 is 10.1 Å². The fraction of sp³-hybridized carbons (Fsp3) is 0.400. The van der Waals surface area contributed by atoms with Crippen molar-refractivity contribution in [3.63, 3.8) is 0 Å². The summed E-state index contributed by atoms with van der Waals surface area (Å²) < 4.78 is 56.2. The molecule has 1 aromatic rings. The van der Waals surface area contributed by atoms with Gasteiger partial charge in [-0.1, -0.05) is 0 Å². The maximum atomic E-state index is 13.1. The van der Waals surface area contributed by atoms with Crippen LogP contribution in [-0.2, 0) is 9.53 Å². The fourth-order valence-corrected chi connectivity index (χ4v) is 1.78. The van der Waals surface area contributed by atoms with Gasteiger partial charge in [0.2, 0.25) is 11.6 Å². The monoisotopic (exact) mass is 298 g/mol. The normalized spacial score (nSPS) is 10.4. The van der Waals surface area contributed by atoms with E-state index in [4.69, 9.17) is 0 Å². The van der Waals surface area contributed by atoms with Crippen molar-refractivity contribution in [1.82, 2.24) is 4.98 Å². The summed E-state index contributed by atoms with van der Waals surface area (Å²) in [4.78, 5) is 13.2. The molecule has 1 rings (SSSR count). The molecule has 4 nitrogen and oxygen atoms in total. The molecule has 0 radical (unpaired) electrons. The van der Waals surface area contributed by atoms with Crippen molar-refractivity contribution in [3.05, 3.63) is 23.5 Å². The molecule has 9 heteroatoms. The molecule has 0 aliphatic heterocycles. The van der Waals surface area contributed by atoms with Gasteiger partial charge in [-0.25, -0.2) is 0 Å². The van der Waals surface area contributed by atoms with Crippen LogP contribution in [0.2, 0.25) is 0 Å². The Kier molecular flexibility index (Phi) is 5.87. The molecule has 1 N–H and O–H groups in total. The number of ether oxygens (including phenoxy) is 1. The summed E-state index contributed by atoms with van der Waals surface area (Å²) in [7, 11) is 1.23. The topological polar surface area (TPSA) is 51.2 Å². The highest BCUT2D eigenvalue weighted by molar-refractivity contribution is 7.99. The highest BCUT2D eigenvalue weighted by Gasteiger charge is 2.20. The summed E-state index contributed by atoms with van der Waals surface area (Å²) in [6, 6.07) is 0. The van der Waals surface area contributed by atoms with Crippen molar-refractivity contribution in [3.8, 4) is 0 Å². The number of halogens is 4. The van der Waals surface area contributed by atoms with Gasteiger partial charge in [-0.2, -0.15) is 22.5 Å². The van der Waals surface area contributed by atoms with Gasteiger partial charge in [-0.05, 0) is 0 Å². The first kappa shape index (κ1) is 15.5. The predicted octanol–water partition coefficient (Wildman–Crippen LogP) is 1.96. The average Bonchev–Trinajstić information content (AvgIpc) is 2.39. The molecule has 0 saturated heterocycles. The highest BCUT2D eigenvalue weighted by atomic mass is 32.2. The number of nitrogens with zero attached hydrogens (tertiary/aromatic N) is 1. The molecule has 0 saturated carbocycles. The van der Waals surface area contributed by atoms with E-state index in [-0.39, 0.29) is 12.3 Å². The molecule has 0 aliphatic rings. The number of esters is 1. The molecule has 0 amide bonds. The zero-order chi connectivity index (χ0) is 14.4. The zero-order valence-electron chi connectivity index (χ0n) is 9.81. The van der Waals surface area contributed by atoms with Gasteiger partial charge in [-0.3, -0.25) is 4.79 Å². The number of carbonyl (C=O) groups is 1. The Hall–Kier alpha value is -1.51. The molecule has 0 aromatic carbocycles. The molecular weight excluding hydrogens is 288 g/mol. The number of methoxy groups -OCH3 is 1. The standard InChI is InChI=1S/C10H10F4N2O2S/c1-18-5(17)4-19-3-2-15-8-6(11)9(13)16-10(14)7(8)12/h2-4H2,1H3,(H,15,16). The second kappa shape index (κ2) is 7.17. The minimum atomic E-state index is -1.72. The first-order chi connectivity index (χ1) is 8.97. The lowest BCUT2D eigenvalue weighted by Gasteiger charge is -2.08. The number of pyridine rings is 1. The van der Waals surface area contributed by atoms with Gasteiger partial charge in [0.1, 0.15) is 5.69 Å². The summed E-state index contributed by atoms with van der Waals surface area (Å²) in [5, 5.41) is 2.21. The number of nitrogens with one attached hydrogen (secondary N) is 1. The van der Waals surface area contributed by atoms with Crippen LogP contribution in [0.3, 0.4) is 0 Å². The van der Waals surface area contributed by atoms with Crippen LogP contribution in [0, 0.1) is 23.5 Å². The second-order valence-electron chi connectivity index (χ2n) is 3.25. The molecule has 0 aliphatic carbocycles. The van der Waals surface area contributed by atoms with Crippen LogP contribution in [0.25, 0.3) is 0 Å². The molecule has 0 atom stereocenters. The molecule has 0 bridgehead atoms. The van der Waals surface area contributed by atoms with E-state index in [1.165, 1.54) is 7.11 Å². The summed E-state index contributed by atoms with van der Waals surface area (Å²) in [5.74, 6) is -6.69. The summed E-state index contributed by atoms with van der Waals surface area (Å²) in [6.45, 7) is 0.0123. The largest absolute Gasteiger partial charge is 0.468 e. The lowest BCUT2D eigenvalue weighted by molar-refractivity contribution is -0.137. The molecule has 0 unspecified atom stereocenters. The van der Waals surface area contributed by atoms with Crippen LogP contribution in [0.4, 0.5) is 23.2 Å². The van der Waals surface area contributed by atoms with Crippen LogP contribution in [-0.4, -0.2) is 36.1 Å². The third kappa shape index (κ3) is 4.27. The van der Waals surface area contributed by atoms with Crippen molar-refractivity contribution in [2.75, 3.05) is 30.5 Å². The quantitative estimate of drug-likeness (QED) is 0.376. The number of anilines is 1. The Balaban J connectivity index is 2.52. The minimum absolute atomic E-state index is 0.0123. The Morgan fingerprint density at radius 2 is 1.84 bits per heavy atom. The number of rotatable bonds is 6. The van der Waals surface area contributed by atoms with E-state index in [2.05, 4.69) is 15.0 Å². The van der Waals surface area contributed by atoms with Gasteiger partial charge in [0.05, 0.1) is 12.9 Å². The van der Waals surface area contributed by atoms with Crippen LogP contribution >= 0.6 is 11.8 Å². The van der Waals surface area contributed by atoms with E-state index in [1.807, 2.05) is 0 Å². The zero-order valence-corrected chi connectivity index (χ0v) is 10.6. The van der Waals surface area contributed by atoms with E-state index >= 15 is 0 Å². The maximum Gasteiger partial charge on any atom is 0.315 e. The van der Waals surface area contributed by atoms with Crippen molar-refractivity contribution in [2.24, 2.45) is 0 Å². The Bertz CT molecular complexity index is 447. The summed E-state index contributed by atoms with van der Waals surface area (Å²) >= 11 is 1.14. The third-order valence-electron chi connectivity index (χ3n) is 1.99. The van der Waals surface area contributed by atoms with Crippen molar-refractivity contribution >= 4 is 23.4 Å². The molecule has 106 valence electrons. The number of thioether (sulfide) groups is 1. The van der Waals surface area contributed by atoms with E-state index in [0.29, 0.717) is 5.75 Å². The van der Waals surface area contributed by atoms with Crippen LogP contribution < -0.4 is 5.32 Å². The average molecular weight is 298 g/mol. The van der Waals surface area contributed by atoms with E-state index in [9.17, 15) is 22.4 Å². The van der Waals surface area contributed by atoms with Gasteiger partial charge >= 0.3 is 5.97 Å². The molecular formula is C10H10F4N2O2S. The Morgan fingerprint density at radius 3 is 2.37 bits per heavy atom. The number of hydrogen-bond acceptors (Lipinski definition) is 5. The van der Waals surface area contributed by atoms with Gasteiger partial charge in [-0.15, -0.1) is 11.8 Å². The van der Waals surface area contributed by atoms with Crippen molar-refractivity contribution in [1.29, 1.82) is 0 Å². The second-order valence-corrected chi connectivity index (χ2v) is 4.36. The summed E-state index contributed by atoms with van der Waals surface area (Å²) in [5.41, 5.74) is -0.913. The Morgan fingerprint density at radius 1 is 1.26 bits per heavy atom. The van der Waals surface area contributed by atoms with Crippen LogP contribution in [0.1, 0.15) is 0 Å². The van der Waals surface area contributed by atoms with Gasteiger partial charge in [0.25, 0.3) is 11.9 Å². The fourth-order valence-electron chi connectivity index (χ4n) is 1.10. The molecule has 0 fully saturated rings. The summed E-state index contributed by atoms with van der Waals surface area (Å²) in [6.07, 6.45) is 0. The smallest absolute Gasteiger partial charge is 0.315 e. The van der Waals surface area contributed by atoms with Crippen LogP contribution in [0.5, 0.6) is 0 Å². The first-order valence-corrected chi connectivity index (χ1v) is 6.21. The number of carbonyl (C=O) groups excluding carboxylic acids is 1. The first-order valence-electron chi connectivity index (χ1n) is 5.05. The lowest BCUT2D eigenvalue weighted by atomic mass is 10.3. The van der Waals surface area contributed by atoms with Crippen molar-refractivity contribution < 1.29 is 27.1 Å². The predicted molar refractivity (Wildman–Crippen MR) is 61.9 cm³/mol. The van der Waals surface area contributed by atoms with Crippen LogP contribution in [0.15, 0.2) is 0 Å². The SMILES string of the molecule is COC(=O)CSCCNc1c(F)c(F)nc(F)c1F. The Labute approximate surface area is 110 Å². The minimum Gasteiger partial charge on any atom is -0.468 e. The number of hydrogen-bond donors (Lipinski definition) is 1. The molecule has 19 heavy (non-hydrogen) atoms. The van der Waals surface area contributed by atoms with Gasteiger partial charge in [0.15, 0.2) is 0 Å². The van der Waals surface area contributed by atoms with E-state index in [0.717, 1.165) is 11.8 Å². The molecule has 0 spiro atoms.